The summed E-state index contributed by atoms with van der Waals surface area (Å²) in [5.74, 6) is -0.682. The van der Waals surface area contributed by atoms with Crippen LogP contribution in [0, 0.1) is 0 Å². The van der Waals surface area contributed by atoms with Crippen molar-refractivity contribution in [1.29, 1.82) is 0 Å². The van der Waals surface area contributed by atoms with Gasteiger partial charge in [0.2, 0.25) is 0 Å². The van der Waals surface area contributed by atoms with E-state index in [-0.39, 0.29) is 0 Å². The number of methoxy groups -OCH3 is 1. The Labute approximate surface area is 97.6 Å². The zero-order chi connectivity index (χ0) is 12.0. The number of piperidine rings is 1. The molecule has 1 N–H and O–H groups in total. The van der Waals surface area contributed by atoms with Crippen LogP contribution in [0.15, 0.2) is 0 Å². The number of carbonyl (C=O) groups is 1. The number of hydrogen-bond acceptors (Lipinski definition) is 3. The minimum Gasteiger partial charge on any atom is -0.480 e. The van der Waals surface area contributed by atoms with E-state index in [0.29, 0.717) is 0 Å². The second-order valence-electron chi connectivity index (χ2n) is 4.72. The van der Waals surface area contributed by atoms with Gasteiger partial charge in [-0.25, -0.2) is 0 Å². The van der Waals surface area contributed by atoms with Gasteiger partial charge in [0.1, 0.15) is 5.54 Å². The Hall–Kier alpha value is -0.610. The minimum absolute atomic E-state index is 0.647. The maximum absolute atomic E-state index is 11.3. The predicted octanol–water partition coefficient (Wildman–Crippen LogP) is 1.74. The lowest BCUT2D eigenvalue weighted by Gasteiger charge is -2.41. The van der Waals surface area contributed by atoms with Gasteiger partial charge in [-0.3, -0.25) is 9.69 Å². The molecule has 1 rings (SSSR count). The highest BCUT2D eigenvalue weighted by Gasteiger charge is 2.40. The van der Waals surface area contributed by atoms with Crippen LogP contribution in [-0.4, -0.2) is 48.3 Å². The third-order valence-electron chi connectivity index (χ3n) is 3.53. The van der Waals surface area contributed by atoms with Crippen molar-refractivity contribution in [3.8, 4) is 0 Å². The zero-order valence-electron chi connectivity index (χ0n) is 10.4. The number of hydrogen-bond donors (Lipinski definition) is 1. The Morgan fingerprint density at radius 3 is 2.81 bits per heavy atom. The van der Waals surface area contributed by atoms with Crippen LogP contribution in [0.2, 0.25) is 0 Å². The number of likely N-dealkylation sites (tertiary alicyclic amines) is 1. The van der Waals surface area contributed by atoms with Gasteiger partial charge in [-0.1, -0.05) is 0 Å². The molecule has 0 amide bonds. The molecule has 0 saturated carbocycles. The topological polar surface area (TPSA) is 49.8 Å². The summed E-state index contributed by atoms with van der Waals surface area (Å²) in [5, 5.41) is 9.30. The summed E-state index contributed by atoms with van der Waals surface area (Å²) in [7, 11) is 1.70. The molecule has 4 heteroatoms. The number of rotatable bonds is 6. The highest BCUT2D eigenvalue weighted by atomic mass is 16.5. The Kier molecular flexibility index (Phi) is 5.22. The van der Waals surface area contributed by atoms with Crippen molar-refractivity contribution in [3.05, 3.63) is 0 Å². The third kappa shape index (κ3) is 3.19. The normalized spacial score (nSPS) is 26.9. The molecular formula is C12H23NO3. The van der Waals surface area contributed by atoms with Crippen molar-refractivity contribution in [1.82, 2.24) is 4.90 Å². The van der Waals surface area contributed by atoms with Crippen molar-refractivity contribution in [2.24, 2.45) is 0 Å². The molecule has 1 aliphatic heterocycles. The first kappa shape index (κ1) is 13.5. The largest absolute Gasteiger partial charge is 0.480 e. The summed E-state index contributed by atoms with van der Waals surface area (Å²) < 4.78 is 5.00. The van der Waals surface area contributed by atoms with Gasteiger partial charge in [-0.05, 0) is 52.1 Å². The van der Waals surface area contributed by atoms with Crippen LogP contribution in [0.5, 0.6) is 0 Å². The van der Waals surface area contributed by atoms with E-state index in [0.717, 1.165) is 51.8 Å². The lowest BCUT2D eigenvalue weighted by molar-refractivity contribution is -0.152. The average Bonchev–Trinajstić information content (AvgIpc) is 2.26. The van der Waals surface area contributed by atoms with Gasteiger partial charge >= 0.3 is 5.97 Å². The lowest BCUT2D eigenvalue weighted by Crippen LogP contribution is -2.55. The van der Waals surface area contributed by atoms with Crippen molar-refractivity contribution >= 4 is 5.97 Å². The number of ether oxygens (including phenoxy) is 1. The van der Waals surface area contributed by atoms with Gasteiger partial charge in [0, 0.05) is 13.7 Å². The monoisotopic (exact) mass is 229 g/mol. The van der Waals surface area contributed by atoms with Crippen LogP contribution in [0.25, 0.3) is 0 Å². The molecule has 16 heavy (non-hydrogen) atoms. The molecule has 1 aliphatic rings. The molecule has 1 fully saturated rings. The molecule has 0 bridgehead atoms. The van der Waals surface area contributed by atoms with Crippen LogP contribution in [0.3, 0.4) is 0 Å². The fourth-order valence-electron chi connectivity index (χ4n) is 2.33. The lowest BCUT2D eigenvalue weighted by atomic mass is 9.88. The Balaban J connectivity index is 2.44. The van der Waals surface area contributed by atoms with E-state index in [2.05, 4.69) is 4.90 Å². The van der Waals surface area contributed by atoms with E-state index >= 15 is 0 Å². The molecule has 0 aromatic heterocycles. The molecule has 94 valence electrons. The molecule has 1 heterocycles. The Morgan fingerprint density at radius 1 is 1.44 bits per heavy atom. The zero-order valence-corrected chi connectivity index (χ0v) is 10.4. The highest BCUT2D eigenvalue weighted by molar-refractivity contribution is 5.78. The molecule has 1 saturated heterocycles. The van der Waals surface area contributed by atoms with E-state index in [1.54, 1.807) is 7.11 Å². The highest BCUT2D eigenvalue weighted by Crippen LogP contribution is 2.28. The molecule has 0 spiro atoms. The van der Waals surface area contributed by atoms with Gasteiger partial charge in [-0.2, -0.15) is 0 Å². The van der Waals surface area contributed by atoms with Crippen molar-refractivity contribution in [2.75, 3.05) is 26.8 Å². The van der Waals surface area contributed by atoms with Gasteiger partial charge < -0.3 is 9.84 Å². The molecule has 1 unspecified atom stereocenters. The molecule has 0 aromatic rings. The summed E-state index contributed by atoms with van der Waals surface area (Å²) in [4.78, 5) is 13.4. The van der Waals surface area contributed by atoms with Gasteiger partial charge in [0.05, 0.1) is 0 Å². The van der Waals surface area contributed by atoms with E-state index in [4.69, 9.17) is 4.74 Å². The van der Waals surface area contributed by atoms with Crippen LogP contribution in [0.4, 0.5) is 0 Å². The molecule has 0 aliphatic carbocycles. The van der Waals surface area contributed by atoms with Gasteiger partial charge in [-0.15, -0.1) is 0 Å². The SMILES string of the molecule is COCCCCN1CCCCC1(C)C(=O)O. The molecule has 4 nitrogen and oxygen atoms in total. The summed E-state index contributed by atoms with van der Waals surface area (Å²) in [6.07, 6.45) is 4.93. The van der Waals surface area contributed by atoms with E-state index in [1.165, 1.54) is 0 Å². The maximum atomic E-state index is 11.3. The molecule has 0 radical (unpaired) electrons. The quantitative estimate of drug-likeness (QED) is 0.705. The Morgan fingerprint density at radius 2 is 2.19 bits per heavy atom. The summed E-state index contributed by atoms with van der Waals surface area (Å²) in [5.41, 5.74) is -0.647. The smallest absolute Gasteiger partial charge is 0.323 e. The first-order valence-corrected chi connectivity index (χ1v) is 6.08. The minimum atomic E-state index is -0.682. The second-order valence-corrected chi connectivity index (χ2v) is 4.72. The molecular weight excluding hydrogens is 206 g/mol. The number of carboxylic acids is 1. The number of nitrogens with zero attached hydrogens (tertiary/aromatic N) is 1. The summed E-state index contributed by atoms with van der Waals surface area (Å²) in [6, 6.07) is 0. The number of carboxylic acid groups (broad SMARTS) is 1. The fourth-order valence-corrected chi connectivity index (χ4v) is 2.33. The predicted molar refractivity (Wildman–Crippen MR) is 62.6 cm³/mol. The van der Waals surface area contributed by atoms with E-state index < -0.39 is 11.5 Å². The standard InChI is InChI=1S/C12H23NO3/c1-12(11(14)15)7-3-4-8-13(12)9-5-6-10-16-2/h3-10H2,1-2H3,(H,14,15). The summed E-state index contributed by atoms with van der Waals surface area (Å²) in [6.45, 7) is 4.39. The maximum Gasteiger partial charge on any atom is 0.323 e. The van der Waals surface area contributed by atoms with Crippen LogP contribution in [-0.2, 0) is 9.53 Å². The van der Waals surface area contributed by atoms with Crippen LogP contribution in [0.1, 0.15) is 39.0 Å². The van der Waals surface area contributed by atoms with Crippen LogP contribution >= 0.6 is 0 Å². The van der Waals surface area contributed by atoms with Gasteiger partial charge in [0.15, 0.2) is 0 Å². The molecule has 0 aromatic carbocycles. The van der Waals surface area contributed by atoms with Crippen molar-refractivity contribution in [3.63, 3.8) is 0 Å². The molecule has 1 atom stereocenters. The number of unbranched alkanes of at least 4 members (excludes halogenated alkanes) is 1. The van der Waals surface area contributed by atoms with Gasteiger partial charge in [0.25, 0.3) is 0 Å². The number of aliphatic carboxylic acids is 1. The van der Waals surface area contributed by atoms with E-state index in [1.807, 2.05) is 6.92 Å². The van der Waals surface area contributed by atoms with Crippen molar-refractivity contribution < 1.29 is 14.6 Å². The average molecular weight is 229 g/mol. The second kappa shape index (κ2) is 6.21. The summed E-state index contributed by atoms with van der Waals surface area (Å²) >= 11 is 0. The Bertz CT molecular complexity index is 232. The first-order valence-electron chi connectivity index (χ1n) is 6.08. The third-order valence-corrected chi connectivity index (χ3v) is 3.53. The fraction of sp³-hybridized carbons (Fsp3) is 0.917. The van der Waals surface area contributed by atoms with Crippen molar-refractivity contribution in [2.45, 2.75) is 44.6 Å². The van der Waals surface area contributed by atoms with Crippen LogP contribution < -0.4 is 0 Å². The van der Waals surface area contributed by atoms with E-state index in [9.17, 15) is 9.90 Å². The first-order chi connectivity index (χ1) is 7.61.